The maximum absolute atomic E-state index is 12.1. The summed E-state index contributed by atoms with van der Waals surface area (Å²) in [6.07, 6.45) is 4.14. The third-order valence-corrected chi connectivity index (χ3v) is 5.03. The van der Waals surface area contributed by atoms with E-state index in [4.69, 9.17) is 4.74 Å². The Morgan fingerprint density at radius 1 is 1.39 bits per heavy atom. The fourth-order valence-electron chi connectivity index (χ4n) is 2.08. The summed E-state index contributed by atoms with van der Waals surface area (Å²) in [5.41, 5.74) is 1.33. The van der Waals surface area contributed by atoms with Crippen LogP contribution >= 0.6 is 11.3 Å². The number of thiophene rings is 1. The van der Waals surface area contributed by atoms with E-state index in [9.17, 15) is 13.2 Å². The number of hydrogen-bond acceptors (Lipinski definition) is 8. The Labute approximate surface area is 135 Å². The quantitative estimate of drug-likeness (QED) is 0.516. The number of ether oxygens (including phenoxy) is 1. The Hall–Kier alpha value is -2.33. The van der Waals surface area contributed by atoms with E-state index in [1.54, 1.807) is 24.0 Å². The Bertz CT molecular complexity index is 1020. The van der Waals surface area contributed by atoms with Crippen molar-refractivity contribution in [1.82, 2.24) is 19.7 Å². The summed E-state index contributed by atoms with van der Waals surface area (Å²) in [5, 5.41) is 3.98. The molecule has 120 valence electrons. The van der Waals surface area contributed by atoms with Crippen LogP contribution in [0.15, 0.2) is 23.6 Å². The maximum Gasteiger partial charge on any atom is 0.348 e. The molecule has 0 unspecified atom stereocenters. The molecule has 0 N–H and O–H groups in total. The Morgan fingerprint density at radius 2 is 2.13 bits per heavy atom. The van der Waals surface area contributed by atoms with Crippen molar-refractivity contribution in [3.05, 3.63) is 23.3 Å². The smallest absolute Gasteiger partial charge is 0.348 e. The average Bonchev–Trinajstić information content (AvgIpc) is 3.07. The van der Waals surface area contributed by atoms with E-state index in [1.807, 2.05) is 0 Å². The highest BCUT2D eigenvalue weighted by atomic mass is 32.2. The lowest BCUT2D eigenvalue weighted by molar-refractivity contribution is 0.0607. The van der Waals surface area contributed by atoms with Crippen molar-refractivity contribution in [3.63, 3.8) is 0 Å². The minimum Gasteiger partial charge on any atom is -0.465 e. The molecule has 0 aromatic carbocycles. The zero-order valence-corrected chi connectivity index (χ0v) is 14.1. The first kappa shape index (κ1) is 15.6. The summed E-state index contributed by atoms with van der Waals surface area (Å²) in [7, 11) is -0.541. The Balaban J connectivity index is 2.38. The number of aromatic nitrogens is 4. The lowest BCUT2D eigenvalue weighted by Crippen LogP contribution is -2.04. The largest absolute Gasteiger partial charge is 0.465 e. The molecule has 3 rings (SSSR count). The third-order valence-electron chi connectivity index (χ3n) is 3.08. The number of hydrogen-bond donors (Lipinski definition) is 0. The summed E-state index contributed by atoms with van der Waals surface area (Å²) in [5.74, 6) is -0.533. The number of aryl methyl sites for hydroxylation is 1. The van der Waals surface area contributed by atoms with E-state index in [-0.39, 0.29) is 5.16 Å². The molecule has 0 aliphatic heterocycles. The van der Waals surface area contributed by atoms with Crippen LogP contribution in [-0.2, 0) is 21.6 Å². The van der Waals surface area contributed by atoms with Gasteiger partial charge in [0.2, 0.25) is 15.0 Å². The van der Waals surface area contributed by atoms with Gasteiger partial charge in [0, 0.05) is 25.7 Å². The van der Waals surface area contributed by atoms with Crippen LogP contribution < -0.4 is 0 Å². The Morgan fingerprint density at radius 3 is 2.70 bits per heavy atom. The van der Waals surface area contributed by atoms with Gasteiger partial charge in [0.25, 0.3) is 0 Å². The van der Waals surface area contributed by atoms with E-state index in [0.29, 0.717) is 26.4 Å². The average molecular weight is 352 g/mol. The lowest BCUT2D eigenvalue weighted by Gasteiger charge is -2.01. The van der Waals surface area contributed by atoms with Crippen LogP contribution in [0.4, 0.5) is 0 Å². The summed E-state index contributed by atoms with van der Waals surface area (Å²) >= 11 is 1.14. The molecule has 0 atom stereocenters. The van der Waals surface area contributed by atoms with E-state index >= 15 is 0 Å². The summed E-state index contributed by atoms with van der Waals surface area (Å²) in [4.78, 5) is 20.3. The highest BCUT2D eigenvalue weighted by Crippen LogP contribution is 2.37. The standard InChI is InChI=1S/C13H12N4O4S2/c1-17-5-4-7(16-17)9-10-8(22-11(9)12(18)21-2)6-14-13(15-10)23(3,19)20/h4-6H,1-3H3. The minimum absolute atomic E-state index is 0.295. The van der Waals surface area contributed by atoms with Crippen molar-refractivity contribution in [3.8, 4) is 11.3 Å². The highest BCUT2D eigenvalue weighted by molar-refractivity contribution is 7.90. The van der Waals surface area contributed by atoms with Crippen molar-refractivity contribution >= 4 is 37.4 Å². The third kappa shape index (κ3) is 2.70. The molecule has 3 aromatic heterocycles. The van der Waals surface area contributed by atoms with Crippen LogP contribution in [-0.4, -0.2) is 47.5 Å². The van der Waals surface area contributed by atoms with Gasteiger partial charge < -0.3 is 4.74 Å². The normalized spacial score (nSPS) is 11.8. The van der Waals surface area contributed by atoms with E-state index in [1.165, 1.54) is 13.3 Å². The number of methoxy groups -OCH3 is 1. The predicted molar refractivity (Wildman–Crippen MR) is 84.1 cm³/mol. The van der Waals surface area contributed by atoms with Gasteiger partial charge in [-0.1, -0.05) is 0 Å². The minimum atomic E-state index is -3.56. The zero-order chi connectivity index (χ0) is 16.8. The van der Waals surface area contributed by atoms with Crippen molar-refractivity contribution in [2.24, 2.45) is 7.05 Å². The van der Waals surface area contributed by atoms with E-state index in [0.717, 1.165) is 17.6 Å². The van der Waals surface area contributed by atoms with Crippen LogP contribution in [0.1, 0.15) is 9.67 Å². The number of esters is 1. The zero-order valence-electron chi connectivity index (χ0n) is 12.5. The molecule has 0 saturated carbocycles. The summed E-state index contributed by atoms with van der Waals surface area (Å²) in [6.45, 7) is 0. The van der Waals surface area contributed by atoms with Crippen LogP contribution in [0, 0.1) is 0 Å². The van der Waals surface area contributed by atoms with Gasteiger partial charge in [0.15, 0.2) is 0 Å². The van der Waals surface area contributed by atoms with Gasteiger partial charge in [-0.2, -0.15) is 5.10 Å². The molecule has 0 aliphatic carbocycles. The molecule has 0 radical (unpaired) electrons. The molecule has 0 amide bonds. The predicted octanol–water partition coefficient (Wildman–Crippen LogP) is 1.28. The van der Waals surface area contributed by atoms with E-state index in [2.05, 4.69) is 15.1 Å². The number of nitrogens with zero attached hydrogens (tertiary/aromatic N) is 4. The molecular formula is C13H12N4O4S2. The molecule has 10 heteroatoms. The van der Waals surface area contributed by atoms with Crippen molar-refractivity contribution < 1.29 is 17.9 Å². The molecule has 8 nitrogen and oxygen atoms in total. The molecule has 3 heterocycles. The van der Waals surface area contributed by atoms with Crippen LogP contribution in [0.3, 0.4) is 0 Å². The van der Waals surface area contributed by atoms with Crippen LogP contribution in [0.2, 0.25) is 0 Å². The van der Waals surface area contributed by atoms with Gasteiger partial charge in [-0.15, -0.1) is 11.3 Å². The number of carbonyl (C=O) groups is 1. The number of carbonyl (C=O) groups excluding carboxylic acids is 1. The molecule has 3 aromatic rings. The van der Waals surface area contributed by atoms with Gasteiger partial charge in [0.1, 0.15) is 4.88 Å². The van der Waals surface area contributed by atoms with Crippen LogP contribution in [0.5, 0.6) is 0 Å². The molecule has 0 fully saturated rings. The monoisotopic (exact) mass is 352 g/mol. The highest BCUT2D eigenvalue weighted by Gasteiger charge is 2.25. The molecule has 0 spiro atoms. The summed E-state index contributed by atoms with van der Waals surface area (Å²) < 4.78 is 30.4. The maximum atomic E-state index is 12.1. The summed E-state index contributed by atoms with van der Waals surface area (Å²) in [6, 6.07) is 1.72. The first-order chi connectivity index (χ1) is 10.8. The second-order valence-corrected chi connectivity index (χ2v) is 7.77. The van der Waals surface area contributed by atoms with Gasteiger partial charge in [-0.3, -0.25) is 4.68 Å². The van der Waals surface area contributed by atoms with Crippen molar-refractivity contribution in [1.29, 1.82) is 0 Å². The first-order valence-corrected chi connectivity index (χ1v) is 9.10. The number of fused-ring (bicyclic) bond motifs is 1. The van der Waals surface area contributed by atoms with Gasteiger partial charge in [-0.25, -0.2) is 23.2 Å². The molecular weight excluding hydrogens is 340 g/mol. The second kappa shape index (κ2) is 5.39. The van der Waals surface area contributed by atoms with Crippen molar-refractivity contribution in [2.45, 2.75) is 5.16 Å². The molecule has 0 aliphatic rings. The van der Waals surface area contributed by atoms with Crippen molar-refractivity contribution in [2.75, 3.05) is 13.4 Å². The lowest BCUT2D eigenvalue weighted by atomic mass is 10.1. The molecule has 0 bridgehead atoms. The fourth-order valence-corrected chi connectivity index (χ4v) is 3.62. The van der Waals surface area contributed by atoms with Gasteiger partial charge in [-0.05, 0) is 6.07 Å². The van der Waals surface area contributed by atoms with E-state index < -0.39 is 15.8 Å². The van der Waals surface area contributed by atoms with Gasteiger partial charge >= 0.3 is 5.97 Å². The second-order valence-electron chi connectivity index (χ2n) is 4.81. The molecule has 23 heavy (non-hydrogen) atoms. The molecule has 0 saturated heterocycles. The number of sulfone groups is 1. The first-order valence-electron chi connectivity index (χ1n) is 6.39. The number of rotatable bonds is 3. The van der Waals surface area contributed by atoms with Crippen LogP contribution in [0.25, 0.3) is 21.5 Å². The SMILES string of the molecule is COC(=O)c1sc2cnc(S(C)(=O)=O)nc2c1-c1ccn(C)n1. The topological polar surface area (TPSA) is 104 Å². The Kier molecular flexibility index (Phi) is 3.65. The van der Waals surface area contributed by atoms with Gasteiger partial charge in [0.05, 0.1) is 28.6 Å². The fraction of sp³-hybridized carbons (Fsp3) is 0.231.